The van der Waals surface area contributed by atoms with Crippen molar-refractivity contribution in [3.8, 4) is 0 Å². The average molecular weight is 197 g/mol. The lowest BCUT2D eigenvalue weighted by Gasteiger charge is -2.33. The highest BCUT2D eigenvalue weighted by Crippen LogP contribution is 2.65. The van der Waals surface area contributed by atoms with Crippen molar-refractivity contribution in [3.05, 3.63) is 0 Å². The van der Waals surface area contributed by atoms with Crippen LogP contribution in [0.25, 0.3) is 0 Å². The number of amides is 1. The SMILES string of the molecule is CC12CC[C@](C(N)=O)(OC1=O)C2(C)C. The maximum atomic E-state index is 11.7. The van der Waals surface area contributed by atoms with E-state index in [2.05, 4.69) is 0 Å². The molecule has 2 fully saturated rings. The zero-order valence-electron chi connectivity index (χ0n) is 8.72. The fourth-order valence-electron chi connectivity index (χ4n) is 2.78. The minimum atomic E-state index is -1.07. The Kier molecular flexibility index (Phi) is 1.44. The highest BCUT2D eigenvalue weighted by Gasteiger charge is 2.75. The first-order valence-electron chi connectivity index (χ1n) is 4.81. The van der Waals surface area contributed by atoms with Crippen molar-refractivity contribution >= 4 is 11.9 Å². The van der Waals surface area contributed by atoms with E-state index in [1.165, 1.54) is 0 Å². The molecule has 2 N–H and O–H groups in total. The molecule has 14 heavy (non-hydrogen) atoms. The number of carbonyl (C=O) groups excluding carboxylic acids is 2. The van der Waals surface area contributed by atoms with Crippen molar-refractivity contribution in [1.29, 1.82) is 0 Å². The molecule has 0 aromatic heterocycles. The molecule has 0 aromatic carbocycles. The molecule has 1 unspecified atom stereocenters. The topological polar surface area (TPSA) is 69.4 Å². The van der Waals surface area contributed by atoms with E-state index in [9.17, 15) is 9.59 Å². The van der Waals surface area contributed by atoms with Gasteiger partial charge in [-0.1, -0.05) is 13.8 Å². The number of rotatable bonds is 1. The van der Waals surface area contributed by atoms with Crippen LogP contribution in [0.3, 0.4) is 0 Å². The molecule has 2 atom stereocenters. The van der Waals surface area contributed by atoms with E-state index in [1.807, 2.05) is 20.8 Å². The maximum Gasteiger partial charge on any atom is 0.313 e. The molecule has 1 aliphatic carbocycles. The van der Waals surface area contributed by atoms with Gasteiger partial charge in [0.1, 0.15) is 0 Å². The summed E-state index contributed by atoms with van der Waals surface area (Å²) in [6.07, 6.45) is 1.24. The number of hydrogen-bond acceptors (Lipinski definition) is 3. The Hall–Kier alpha value is -1.06. The van der Waals surface area contributed by atoms with Crippen molar-refractivity contribution in [3.63, 3.8) is 0 Å². The van der Waals surface area contributed by atoms with Crippen LogP contribution in [0.2, 0.25) is 0 Å². The van der Waals surface area contributed by atoms with Gasteiger partial charge in [0, 0.05) is 5.41 Å². The van der Waals surface area contributed by atoms with Gasteiger partial charge in [-0.25, -0.2) is 0 Å². The summed E-state index contributed by atoms with van der Waals surface area (Å²) in [5.41, 5.74) is 3.23. The lowest BCUT2D eigenvalue weighted by Crippen LogP contribution is -2.51. The second-order valence-electron chi connectivity index (χ2n) is 5.04. The minimum absolute atomic E-state index is 0.285. The molecule has 2 rings (SSSR count). The molecule has 78 valence electrons. The molecule has 0 spiro atoms. The van der Waals surface area contributed by atoms with E-state index < -0.39 is 22.3 Å². The quantitative estimate of drug-likeness (QED) is 0.625. The summed E-state index contributed by atoms with van der Waals surface area (Å²) in [4.78, 5) is 23.1. The average Bonchev–Trinajstić information content (AvgIpc) is 2.34. The highest BCUT2D eigenvalue weighted by molar-refractivity contribution is 5.95. The first-order valence-corrected chi connectivity index (χ1v) is 4.81. The Morgan fingerprint density at radius 3 is 2.14 bits per heavy atom. The number of carbonyl (C=O) groups is 2. The number of primary amides is 1. The zero-order chi connectivity index (χ0) is 10.8. The first kappa shape index (κ1) is 9.49. The number of esters is 1. The van der Waals surface area contributed by atoms with Crippen molar-refractivity contribution in [2.24, 2.45) is 16.6 Å². The summed E-state index contributed by atoms with van der Waals surface area (Å²) < 4.78 is 5.21. The Morgan fingerprint density at radius 2 is 1.93 bits per heavy atom. The van der Waals surface area contributed by atoms with Gasteiger partial charge < -0.3 is 10.5 Å². The molecule has 1 saturated heterocycles. The highest BCUT2D eigenvalue weighted by atomic mass is 16.6. The molecular formula is C10H15NO3. The van der Waals surface area contributed by atoms with Crippen molar-refractivity contribution in [2.45, 2.75) is 39.2 Å². The molecule has 1 amide bonds. The van der Waals surface area contributed by atoms with Gasteiger partial charge in [0.25, 0.3) is 5.91 Å². The molecule has 0 aromatic rings. The number of fused-ring (bicyclic) bond motifs is 2. The van der Waals surface area contributed by atoms with Gasteiger partial charge in [-0.2, -0.15) is 0 Å². The van der Waals surface area contributed by atoms with E-state index in [1.54, 1.807) is 0 Å². The number of hydrogen-bond donors (Lipinski definition) is 1. The largest absolute Gasteiger partial charge is 0.448 e. The standard InChI is InChI=1S/C10H15NO3/c1-8(2)9(3)4-5-10(8,6(11)12)14-7(9)13/h4-5H2,1-3H3,(H2,11,12)/t9?,10-/m1/s1. The Bertz CT molecular complexity index is 336. The van der Waals surface area contributed by atoms with Crippen molar-refractivity contribution in [1.82, 2.24) is 0 Å². The van der Waals surface area contributed by atoms with E-state index in [-0.39, 0.29) is 5.97 Å². The van der Waals surface area contributed by atoms with E-state index in [4.69, 9.17) is 10.5 Å². The van der Waals surface area contributed by atoms with Crippen LogP contribution in [-0.4, -0.2) is 17.5 Å². The van der Waals surface area contributed by atoms with Crippen molar-refractivity contribution in [2.75, 3.05) is 0 Å². The molecule has 4 heteroatoms. The Balaban J connectivity index is 2.60. The van der Waals surface area contributed by atoms with E-state index >= 15 is 0 Å². The van der Waals surface area contributed by atoms with Gasteiger partial charge in [-0.05, 0) is 19.8 Å². The fourth-order valence-corrected chi connectivity index (χ4v) is 2.78. The van der Waals surface area contributed by atoms with Crippen LogP contribution in [0.4, 0.5) is 0 Å². The van der Waals surface area contributed by atoms with Crippen LogP contribution in [0, 0.1) is 10.8 Å². The summed E-state index contributed by atoms with van der Waals surface area (Å²) >= 11 is 0. The molecule has 2 bridgehead atoms. The number of nitrogens with two attached hydrogens (primary N) is 1. The summed E-state index contributed by atoms with van der Waals surface area (Å²) in [6.45, 7) is 5.62. The van der Waals surface area contributed by atoms with Gasteiger partial charge in [0.2, 0.25) is 0 Å². The van der Waals surface area contributed by atoms with Gasteiger partial charge in [0.05, 0.1) is 5.41 Å². The van der Waals surface area contributed by atoms with Gasteiger partial charge in [0.15, 0.2) is 5.60 Å². The monoisotopic (exact) mass is 197 g/mol. The molecule has 2 aliphatic rings. The minimum Gasteiger partial charge on any atom is -0.448 e. The Labute approximate surface area is 82.8 Å². The third-order valence-corrected chi connectivity index (χ3v) is 4.48. The summed E-state index contributed by atoms with van der Waals surface area (Å²) in [6, 6.07) is 0. The predicted octanol–water partition coefficient (Wildman–Crippen LogP) is 0.594. The van der Waals surface area contributed by atoms with Crippen LogP contribution in [-0.2, 0) is 14.3 Å². The lowest BCUT2D eigenvalue weighted by molar-refractivity contribution is -0.166. The van der Waals surface area contributed by atoms with Crippen molar-refractivity contribution < 1.29 is 14.3 Å². The third-order valence-electron chi connectivity index (χ3n) is 4.48. The summed E-state index contributed by atoms with van der Waals surface area (Å²) in [5, 5.41) is 0. The second-order valence-corrected chi connectivity index (χ2v) is 5.04. The fraction of sp³-hybridized carbons (Fsp3) is 0.800. The van der Waals surface area contributed by atoms with Gasteiger partial charge >= 0.3 is 5.97 Å². The predicted molar refractivity (Wildman–Crippen MR) is 49.1 cm³/mol. The van der Waals surface area contributed by atoms with Crippen LogP contribution < -0.4 is 5.73 Å². The molecule has 4 nitrogen and oxygen atoms in total. The van der Waals surface area contributed by atoms with Crippen LogP contribution in [0.15, 0.2) is 0 Å². The van der Waals surface area contributed by atoms with Crippen LogP contribution in [0.1, 0.15) is 33.6 Å². The zero-order valence-corrected chi connectivity index (χ0v) is 8.72. The molecule has 0 radical (unpaired) electrons. The van der Waals surface area contributed by atoms with Gasteiger partial charge in [-0.15, -0.1) is 0 Å². The smallest absolute Gasteiger partial charge is 0.313 e. The van der Waals surface area contributed by atoms with E-state index in [0.717, 1.165) is 0 Å². The molecular weight excluding hydrogens is 182 g/mol. The first-order chi connectivity index (χ1) is 6.28. The normalized spacial score (nSPS) is 43.8. The summed E-state index contributed by atoms with van der Waals surface area (Å²) in [5.74, 6) is -0.801. The molecule has 1 saturated carbocycles. The molecule has 1 heterocycles. The maximum absolute atomic E-state index is 11.7. The third kappa shape index (κ3) is 0.645. The lowest BCUT2D eigenvalue weighted by atomic mass is 9.66. The van der Waals surface area contributed by atoms with Crippen LogP contribution in [0.5, 0.6) is 0 Å². The van der Waals surface area contributed by atoms with Crippen LogP contribution >= 0.6 is 0 Å². The molecule has 1 aliphatic heterocycles. The van der Waals surface area contributed by atoms with Gasteiger partial charge in [-0.3, -0.25) is 9.59 Å². The Morgan fingerprint density at radius 1 is 1.36 bits per heavy atom. The van der Waals surface area contributed by atoms with E-state index in [0.29, 0.717) is 12.8 Å². The number of ether oxygens (including phenoxy) is 1. The summed E-state index contributed by atoms with van der Waals surface area (Å²) in [7, 11) is 0. The second kappa shape index (κ2) is 2.12.